The third kappa shape index (κ3) is 4.03. The van der Waals surface area contributed by atoms with Crippen molar-refractivity contribution in [2.75, 3.05) is 33.3 Å². The fourth-order valence-electron chi connectivity index (χ4n) is 6.07. The first kappa shape index (κ1) is 25.8. The van der Waals surface area contributed by atoms with E-state index in [1.165, 1.54) is 0 Å². The lowest BCUT2D eigenvalue weighted by atomic mass is 9.66. The minimum absolute atomic E-state index is 0.0662. The molecule has 0 aromatic carbocycles. The van der Waals surface area contributed by atoms with Crippen molar-refractivity contribution in [2.45, 2.75) is 68.0 Å². The van der Waals surface area contributed by atoms with Gasteiger partial charge < -0.3 is 19.8 Å². The Morgan fingerprint density at radius 3 is 2.52 bits per heavy atom. The number of nitrogens with zero attached hydrogens (tertiary/aromatic N) is 3. The second-order valence-corrected chi connectivity index (χ2v) is 11.8. The van der Waals surface area contributed by atoms with E-state index in [2.05, 4.69) is 27.0 Å². The van der Waals surface area contributed by atoms with Gasteiger partial charge in [0.2, 0.25) is 17.7 Å². The number of carbonyl (C=O) groups is 3. The van der Waals surface area contributed by atoms with Gasteiger partial charge in [-0.1, -0.05) is 25.5 Å². The summed E-state index contributed by atoms with van der Waals surface area (Å²) in [6.07, 6.45) is 6.71. The van der Waals surface area contributed by atoms with E-state index in [4.69, 9.17) is 0 Å². The van der Waals surface area contributed by atoms with Gasteiger partial charge in [-0.3, -0.25) is 14.4 Å². The van der Waals surface area contributed by atoms with Gasteiger partial charge in [0.25, 0.3) is 0 Å². The van der Waals surface area contributed by atoms with Crippen LogP contribution in [0.1, 0.15) is 46.5 Å². The highest BCUT2D eigenvalue weighted by molar-refractivity contribution is 8.02. The Kier molecular flexibility index (Phi) is 7.68. The zero-order chi connectivity index (χ0) is 24.6. The molecule has 3 heterocycles. The van der Waals surface area contributed by atoms with Gasteiger partial charge in [-0.25, -0.2) is 0 Å². The summed E-state index contributed by atoms with van der Waals surface area (Å²) in [5.41, 5.74) is 0. The SMILES string of the molecule is C=CCN(C)C(=O)[C@@H]1[C@H]2C(=O)N([C@H](C)CO)C(C(=O)N(CC=C)CCCC)C23CC[C@@]1(C)S3. The number of unbranched alkanes of at least 4 members (excludes halogenated alkanes) is 1. The molecular weight excluding hydrogens is 438 g/mol. The Morgan fingerprint density at radius 1 is 1.27 bits per heavy atom. The number of likely N-dealkylation sites (tertiary alicyclic amines) is 1. The highest BCUT2D eigenvalue weighted by Gasteiger charge is 2.77. The number of amides is 3. The second-order valence-electron chi connectivity index (χ2n) is 9.94. The van der Waals surface area contributed by atoms with Crippen LogP contribution in [0.3, 0.4) is 0 Å². The molecule has 3 aliphatic heterocycles. The molecule has 3 saturated heterocycles. The lowest BCUT2D eigenvalue weighted by Gasteiger charge is -2.39. The van der Waals surface area contributed by atoms with Crippen molar-refractivity contribution < 1.29 is 19.5 Å². The van der Waals surface area contributed by atoms with Gasteiger partial charge in [-0.05, 0) is 33.1 Å². The highest BCUT2D eigenvalue weighted by Crippen LogP contribution is 2.71. The van der Waals surface area contributed by atoms with Crippen LogP contribution in [0.5, 0.6) is 0 Å². The largest absolute Gasteiger partial charge is 0.394 e. The summed E-state index contributed by atoms with van der Waals surface area (Å²) < 4.78 is -1.06. The molecule has 1 N–H and O–H groups in total. The fourth-order valence-corrected chi connectivity index (χ4v) is 8.40. The molecule has 3 aliphatic rings. The van der Waals surface area contributed by atoms with Crippen LogP contribution in [0.4, 0.5) is 0 Å². The number of aliphatic hydroxyl groups is 1. The van der Waals surface area contributed by atoms with Crippen LogP contribution in [0, 0.1) is 11.8 Å². The van der Waals surface area contributed by atoms with E-state index in [1.54, 1.807) is 52.6 Å². The molecule has 3 amide bonds. The molecular formula is C25H39N3O4S. The summed E-state index contributed by atoms with van der Waals surface area (Å²) in [7, 11) is 1.74. The average molecular weight is 478 g/mol. The number of hydrogen-bond donors (Lipinski definition) is 1. The van der Waals surface area contributed by atoms with Crippen LogP contribution >= 0.6 is 11.8 Å². The number of rotatable bonds is 11. The number of thioether (sulfide) groups is 1. The van der Waals surface area contributed by atoms with Gasteiger partial charge >= 0.3 is 0 Å². The standard InChI is InChI=1S/C25H39N3O4S/c1-7-10-15-27(14-9-3)23(32)20-25-12-11-24(5,33-25)18(21(30)26(6)13-8-2)19(25)22(31)28(20)17(4)16-29/h8-9,17-20,29H,2-3,7,10-16H2,1,4-6H3/t17-,18+,19+,20?,24-,25?/m1/s1. The number of carbonyl (C=O) groups excluding carboxylic acids is 3. The van der Waals surface area contributed by atoms with Crippen molar-refractivity contribution in [3.05, 3.63) is 25.3 Å². The third-order valence-corrected chi connectivity index (χ3v) is 9.66. The van der Waals surface area contributed by atoms with Crippen molar-refractivity contribution in [3.63, 3.8) is 0 Å². The monoisotopic (exact) mass is 477 g/mol. The molecule has 7 nitrogen and oxygen atoms in total. The molecule has 0 aromatic rings. The van der Waals surface area contributed by atoms with Crippen LogP contribution in [-0.4, -0.2) is 92.4 Å². The Hall–Kier alpha value is -1.80. The average Bonchev–Trinajstić information content (AvgIpc) is 3.36. The molecule has 8 heteroatoms. The lowest BCUT2D eigenvalue weighted by Crippen LogP contribution is -2.57. The number of aliphatic hydroxyl groups excluding tert-OH is 1. The quantitative estimate of drug-likeness (QED) is 0.462. The first-order chi connectivity index (χ1) is 15.6. The predicted octanol–water partition coefficient (Wildman–Crippen LogP) is 2.31. The van der Waals surface area contributed by atoms with Gasteiger partial charge in [-0.15, -0.1) is 24.9 Å². The Labute approximate surface area is 202 Å². The fraction of sp³-hybridized carbons (Fsp3) is 0.720. The molecule has 0 radical (unpaired) electrons. The van der Waals surface area contributed by atoms with Gasteiger partial charge in [0, 0.05) is 31.4 Å². The van der Waals surface area contributed by atoms with E-state index in [9.17, 15) is 19.5 Å². The van der Waals surface area contributed by atoms with Crippen molar-refractivity contribution in [2.24, 2.45) is 11.8 Å². The molecule has 1 spiro atoms. The van der Waals surface area contributed by atoms with Crippen molar-refractivity contribution in [1.82, 2.24) is 14.7 Å². The van der Waals surface area contributed by atoms with Gasteiger partial charge in [0.1, 0.15) is 6.04 Å². The predicted molar refractivity (Wildman–Crippen MR) is 132 cm³/mol. The Morgan fingerprint density at radius 2 is 1.94 bits per heavy atom. The maximum atomic E-state index is 14.0. The molecule has 3 fully saturated rings. The third-order valence-electron chi connectivity index (χ3n) is 7.68. The van der Waals surface area contributed by atoms with Gasteiger partial charge in [-0.2, -0.15) is 0 Å². The van der Waals surface area contributed by atoms with Crippen LogP contribution in [0.25, 0.3) is 0 Å². The Bertz CT molecular complexity index is 819. The van der Waals surface area contributed by atoms with Crippen molar-refractivity contribution in [3.8, 4) is 0 Å². The summed E-state index contributed by atoms with van der Waals surface area (Å²) >= 11 is 1.66. The smallest absolute Gasteiger partial charge is 0.247 e. The summed E-state index contributed by atoms with van der Waals surface area (Å²) in [5, 5.41) is 9.98. The molecule has 33 heavy (non-hydrogen) atoms. The van der Waals surface area contributed by atoms with E-state index in [1.807, 2.05) is 0 Å². The molecule has 0 saturated carbocycles. The van der Waals surface area contributed by atoms with E-state index < -0.39 is 33.4 Å². The Balaban J connectivity index is 2.08. The topological polar surface area (TPSA) is 81.2 Å². The lowest BCUT2D eigenvalue weighted by molar-refractivity contribution is -0.147. The summed E-state index contributed by atoms with van der Waals surface area (Å²) in [4.78, 5) is 46.5. The molecule has 2 unspecified atom stereocenters. The van der Waals surface area contributed by atoms with E-state index in [-0.39, 0.29) is 24.3 Å². The molecule has 2 bridgehead atoms. The normalized spacial score (nSPS) is 33.1. The molecule has 0 aromatic heterocycles. The highest BCUT2D eigenvalue weighted by atomic mass is 32.2. The molecule has 3 rings (SSSR count). The van der Waals surface area contributed by atoms with E-state index in [0.717, 1.165) is 19.3 Å². The van der Waals surface area contributed by atoms with Crippen molar-refractivity contribution >= 4 is 29.5 Å². The van der Waals surface area contributed by atoms with Gasteiger partial charge in [0.05, 0.1) is 29.2 Å². The number of likely N-dealkylation sites (N-methyl/N-ethyl adjacent to an activating group) is 1. The number of fused-ring (bicyclic) bond motifs is 1. The maximum Gasteiger partial charge on any atom is 0.247 e. The molecule has 6 atom stereocenters. The van der Waals surface area contributed by atoms with Crippen LogP contribution in [-0.2, 0) is 14.4 Å². The first-order valence-electron chi connectivity index (χ1n) is 12.0. The first-order valence-corrected chi connectivity index (χ1v) is 12.8. The molecule has 0 aliphatic carbocycles. The minimum atomic E-state index is -0.691. The maximum absolute atomic E-state index is 14.0. The minimum Gasteiger partial charge on any atom is -0.394 e. The zero-order valence-corrected chi connectivity index (χ0v) is 21.3. The van der Waals surface area contributed by atoms with E-state index in [0.29, 0.717) is 26.1 Å². The van der Waals surface area contributed by atoms with Gasteiger partial charge in [0.15, 0.2) is 0 Å². The van der Waals surface area contributed by atoms with Crippen molar-refractivity contribution in [1.29, 1.82) is 0 Å². The van der Waals surface area contributed by atoms with Crippen LogP contribution in [0.15, 0.2) is 25.3 Å². The molecule has 184 valence electrons. The van der Waals surface area contributed by atoms with Crippen LogP contribution in [0.2, 0.25) is 0 Å². The summed E-state index contributed by atoms with van der Waals surface area (Å²) in [6.45, 7) is 14.7. The second kappa shape index (κ2) is 9.82. The summed E-state index contributed by atoms with van der Waals surface area (Å²) in [5.74, 6) is -1.40. The van der Waals surface area contributed by atoms with E-state index >= 15 is 0 Å². The number of hydrogen-bond acceptors (Lipinski definition) is 5. The zero-order valence-electron chi connectivity index (χ0n) is 20.5. The summed E-state index contributed by atoms with van der Waals surface area (Å²) in [6, 6.07) is -1.19. The van der Waals surface area contributed by atoms with Crippen LogP contribution < -0.4 is 0 Å².